The molecule has 4 heteroatoms. The van der Waals surface area contributed by atoms with Crippen molar-refractivity contribution in [3.8, 4) is 0 Å². The molecule has 1 heterocycles. The molecule has 0 saturated carbocycles. The van der Waals surface area contributed by atoms with Crippen molar-refractivity contribution in [1.82, 2.24) is 9.55 Å². The van der Waals surface area contributed by atoms with E-state index in [1.165, 1.54) is 5.56 Å². The van der Waals surface area contributed by atoms with Gasteiger partial charge in [0.1, 0.15) is 0 Å². The number of nitrogens with two attached hydrogens (primary N) is 1. The number of imidazole rings is 1. The monoisotopic (exact) mass is 293 g/mol. The lowest BCUT2D eigenvalue weighted by Gasteiger charge is -2.20. The fourth-order valence-corrected chi connectivity index (χ4v) is 2.94. The fraction of sp³-hybridized carbons (Fsp3) is 0.222. The summed E-state index contributed by atoms with van der Waals surface area (Å²) in [6.45, 7) is 2.16. The number of hydrogen-bond acceptors (Lipinski definition) is 2. The maximum absolute atomic E-state index is 11.8. The number of aromatic nitrogens is 2. The topological polar surface area (TPSA) is 60.9 Å². The Hall–Kier alpha value is -2.62. The van der Waals surface area contributed by atoms with Crippen molar-refractivity contribution in [3.63, 3.8) is 0 Å². The lowest BCUT2D eigenvalue weighted by molar-refractivity contribution is 0.100. The van der Waals surface area contributed by atoms with E-state index in [-0.39, 0.29) is 6.04 Å². The molecule has 0 unspecified atom stereocenters. The van der Waals surface area contributed by atoms with Gasteiger partial charge in [-0.1, -0.05) is 49.7 Å². The summed E-state index contributed by atoms with van der Waals surface area (Å²) in [5.74, 6) is -0.421. The molecule has 0 aliphatic rings. The second-order valence-corrected chi connectivity index (χ2v) is 5.40. The van der Waals surface area contributed by atoms with Gasteiger partial charge in [-0.3, -0.25) is 4.79 Å². The Kier molecular flexibility index (Phi) is 3.92. The van der Waals surface area contributed by atoms with Crippen LogP contribution in [0.4, 0.5) is 0 Å². The van der Waals surface area contributed by atoms with Crippen LogP contribution >= 0.6 is 0 Å². The highest BCUT2D eigenvalue weighted by Crippen LogP contribution is 2.29. The van der Waals surface area contributed by atoms with Gasteiger partial charge >= 0.3 is 0 Å². The molecule has 22 heavy (non-hydrogen) atoms. The molecule has 4 nitrogen and oxygen atoms in total. The average Bonchev–Trinajstić information content (AvgIpc) is 2.97. The highest BCUT2D eigenvalue weighted by Gasteiger charge is 2.19. The molecule has 2 aromatic carbocycles. The van der Waals surface area contributed by atoms with Crippen LogP contribution in [-0.4, -0.2) is 15.5 Å². The summed E-state index contributed by atoms with van der Waals surface area (Å²) >= 11 is 0. The number of primary amides is 1. The molecular formula is C18H19N3O. The van der Waals surface area contributed by atoms with Gasteiger partial charge in [0.15, 0.2) is 0 Å². The first kappa shape index (κ1) is 14.3. The van der Waals surface area contributed by atoms with E-state index >= 15 is 0 Å². The van der Waals surface area contributed by atoms with Crippen LogP contribution < -0.4 is 5.73 Å². The Morgan fingerprint density at radius 3 is 2.64 bits per heavy atom. The number of carbonyl (C=O) groups excluding carboxylic acids is 1. The molecule has 1 aromatic heterocycles. The van der Waals surface area contributed by atoms with Crippen molar-refractivity contribution in [2.45, 2.75) is 25.8 Å². The van der Waals surface area contributed by atoms with Crippen LogP contribution in [0.3, 0.4) is 0 Å². The Morgan fingerprint density at radius 2 is 1.95 bits per heavy atom. The van der Waals surface area contributed by atoms with Crippen molar-refractivity contribution >= 4 is 16.9 Å². The summed E-state index contributed by atoms with van der Waals surface area (Å²) in [5, 5.41) is 0. The van der Waals surface area contributed by atoms with Crippen LogP contribution in [-0.2, 0) is 0 Å². The lowest BCUT2D eigenvalue weighted by Crippen LogP contribution is -2.15. The molecular weight excluding hydrogens is 274 g/mol. The van der Waals surface area contributed by atoms with Gasteiger partial charge < -0.3 is 10.3 Å². The largest absolute Gasteiger partial charge is 0.366 e. The van der Waals surface area contributed by atoms with E-state index < -0.39 is 5.91 Å². The van der Waals surface area contributed by atoms with Crippen molar-refractivity contribution in [2.24, 2.45) is 5.73 Å². The molecule has 0 saturated heterocycles. The van der Waals surface area contributed by atoms with Crippen molar-refractivity contribution in [3.05, 3.63) is 66.0 Å². The molecule has 2 N–H and O–H groups in total. The van der Waals surface area contributed by atoms with Crippen molar-refractivity contribution < 1.29 is 4.79 Å². The molecule has 0 aliphatic heterocycles. The maximum atomic E-state index is 11.8. The number of nitrogens with zero attached hydrogens (tertiary/aromatic N) is 2. The minimum Gasteiger partial charge on any atom is -0.366 e. The Balaban J connectivity index is 2.20. The summed E-state index contributed by atoms with van der Waals surface area (Å²) in [6, 6.07) is 15.9. The average molecular weight is 293 g/mol. The van der Waals surface area contributed by atoms with E-state index in [1.54, 1.807) is 6.07 Å². The molecule has 112 valence electrons. The van der Waals surface area contributed by atoms with Crippen LogP contribution in [0, 0.1) is 0 Å². The predicted octanol–water partition coefficient (Wildman–Crippen LogP) is 3.52. The van der Waals surface area contributed by atoms with Crippen LogP contribution in [0.15, 0.2) is 54.9 Å². The van der Waals surface area contributed by atoms with Gasteiger partial charge in [0.2, 0.25) is 0 Å². The summed E-state index contributed by atoms with van der Waals surface area (Å²) in [5.41, 5.74) is 8.89. The molecule has 0 bridgehead atoms. The van der Waals surface area contributed by atoms with Crippen molar-refractivity contribution in [2.75, 3.05) is 0 Å². The van der Waals surface area contributed by atoms with Crippen LogP contribution in [0.5, 0.6) is 0 Å². The third-order valence-corrected chi connectivity index (χ3v) is 3.94. The van der Waals surface area contributed by atoms with E-state index in [2.05, 4.69) is 28.6 Å². The van der Waals surface area contributed by atoms with Gasteiger partial charge in [-0.2, -0.15) is 0 Å². The van der Waals surface area contributed by atoms with Crippen molar-refractivity contribution in [1.29, 1.82) is 0 Å². The minimum absolute atomic E-state index is 0.150. The van der Waals surface area contributed by atoms with Gasteiger partial charge in [-0.25, -0.2) is 4.98 Å². The normalized spacial score (nSPS) is 12.4. The van der Waals surface area contributed by atoms with Crippen LogP contribution in [0.25, 0.3) is 11.0 Å². The standard InChI is InChI=1S/C18H19N3O/c1-2-7-16(13-8-4-3-5-9-13)21-12-20-15-11-6-10-14(17(15)21)18(19)22/h3-6,8-12,16H,2,7H2,1H3,(H2,19,22)/t16-/m0/s1. The van der Waals surface area contributed by atoms with Crippen LogP contribution in [0.2, 0.25) is 0 Å². The van der Waals surface area contributed by atoms with Gasteiger partial charge in [-0.15, -0.1) is 0 Å². The predicted molar refractivity (Wildman–Crippen MR) is 87.7 cm³/mol. The zero-order chi connectivity index (χ0) is 15.5. The van der Waals surface area contributed by atoms with E-state index in [4.69, 9.17) is 5.73 Å². The van der Waals surface area contributed by atoms with E-state index in [0.717, 1.165) is 23.9 Å². The number of amides is 1. The second-order valence-electron chi connectivity index (χ2n) is 5.40. The number of benzene rings is 2. The number of hydrogen-bond donors (Lipinski definition) is 1. The fourth-order valence-electron chi connectivity index (χ4n) is 2.94. The Bertz CT molecular complexity index is 792. The first-order valence-electron chi connectivity index (χ1n) is 7.52. The number of fused-ring (bicyclic) bond motifs is 1. The van der Waals surface area contributed by atoms with Gasteiger partial charge in [-0.05, 0) is 24.1 Å². The van der Waals surface area contributed by atoms with E-state index in [1.807, 2.05) is 36.7 Å². The molecule has 0 aliphatic carbocycles. The van der Waals surface area contributed by atoms with E-state index in [0.29, 0.717) is 5.56 Å². The van der Waals surface area contributed by atoms with Gasteiger partial charge in [0.05, 0.1) is 29.0 Å². The summed E-state index contributed by atoms with van der Waals surface area (Å²) in [7, 11) is 0. The first-order valence-corrected chi connectivity index (χ1v) is 7.52. The molecule has 0 radical (unpaired) electrons. The number of rotatable bonds is 5. The lowest BCUT2D eigenvalue weighted by atomic mass is 10.0. The molecule has 3 rings (SSSR count). The SMILES string of the molecule is CCC[C@@H](c1ccccc1)n1cnc2cccc(C(N)=O)c21. The Labute approximate surface area is 129 Å². The third-order valence-electron chi connectivity index (χ3n) is 3.94. The summed E-state index contributed by atoms with van der Waals surface area (Å²) < 4.78 is 2.08. The first-order chi connectivity index (χ1) is 10.7. The van der Waals surface area contributed by atoms with E-state index in [9.17, 15) is 4.79 Å². The van der Waals surface area contributed by atoms with Gasteiger partial charge in [0.25, 0.3) is 5.91 Å². The molecule has 1 atom stereocenters. The second kappa shape index (κ2) is 6.02. The number of para-hydroxylation sites is 1. The Morgan fingerprint density at radius 1 is 1.18 bits per heavy atom. The molecule has 0 spiro atoms. The zero-order valence-electron chi connectivity index (χ0n) is 12.6. The molecule has 0 fully saturated rings. The quantitative estimate of drug-likeness (QED) is 0.782. The highest BCUT2D eigenvalue weighted by atomic mass is 16.1. The van der Waals surface area contributed by atoms with Gasteiger partial charge in [0, 0.05) is 0 Å². The number of carbonyl (C=O) groups is 1. The summed E-state index contributed by atoms with van der Waals surface area (Å²) in [6.07, 6.45) is 3.82. The highest BCUT2D eigenvalue weighted by molar-refractivity contribution is 6.04. The molecule has 3 aromatic rings. The maximum Gasteiger partial charge on any atom is 0.250 e. The molecule has 1 amide bonds. The summed E-state index contributed by atoms with van der Waals surface area (Å²) in [4.78, 5) is 16.2. The van der Waals surface area contributed by atoms with Crippen LogP contribution in [0.1, 0.15) is 41.7 Å². The minimum atomic E-state index is -0.421. The zero-order valence-corrected chi connectivity index (χ0v) is 12.6. The smallest absolute Gasteiger partial charge is 0.250 e. The third kappa shape index (κ3) is 2.48.